The predicted molar refractivity (Wildman–Crippen MR) is 84.8 cm³/mol. The number of rotatable bonds is 5. The molecule has 1 N–H and O–H groups in total. The second kappa shape index (κ2) is 6.60. The lowest BCUT2D eigenvalue weighted by Gasteiger charge is -2.08. The lowest BCUT2D eigenvalue weighted by molar-refractivity contribution is -0.141. The molecular formula is C18H17NO4. The van der Waals surface area contributed by atoms with Gasteiger partial charge in [-0.25, -0.2) is 4.79 Å². The highest BCUT2D eigenvalue weighted by molar-refractivity contribution is 6.00. The van der Waals surface area contributed by atoms with E-state index in [-0.39, 0.29) is 18.6 Å². The van der Waals surface area contributed by atoms with E-state index in [1.54, 1.807) is 0 Å². The van der Waals surface area contributed by atoms with Crippen molar-refractivity contribution in [1.82, 2.24) is 5.32 Å². The maximum absolute atomic E-state index is 12.0. The van der Waals surface area contributed by atoms with Gasteiger partial charge in [0.2, 0.25) is 5.91 Å². The van der Waals surface area contributed by atoms with E-state index >= 15 is 0 Å². The lowest BCUT2D eigenvalue weighted by Crippen LogP contribution is -2.38. The summed E-state index contributed by atoms with van der Waals surface area (Å²) in [6, 6.07) is 13.1. The van der Waals surface area contributed by atoms with Gasteiger partial charge in [-0.15, -0.1) is 0 Å². The highest BCUT2D eigenvalue weighted by Gasteiger charge is 2.28. The Bertz CT molecular complexity index is 768. The summed E-state index contributed by atoms with van der Waals surface area (Å²) in [6.45, 7) is 0.314. The highest BCUT2D eigenvalue weighted by Crippen LogP contribution is 2.16. The lowest BCUT2D eigenvalue weighted by atomic mass is 10.0. The number of fused-ring (bicyclic) bond motifs is 1. The molecule has 1 heterocycles. The third-order valence-corrected chi connectivity index (χ3v) is 3.84. The van der Waals surface area contributed by atoms with Crippen molar-refractivity contribution in [1.29, 1.82) is 0 Å². The van der Waals surface area contributed by atoms with E-state index in [9.17, 15) is 14.4 Å². The summed E-state index contributed by atoms with van der Waals surface area (Å²) in [5.41, 5.74) is 0.877. The Balaban J connectivity index is 1.57. The van der Waals surface area contributed by atoms with E-state index in [0.717, 1.165) is 16.3 Å². The zero-order chi connectivity index (χ0) is 16.2. The number of ether oxygens (including phenoxy) is 1. The van der Waals surface area contributed by atoms with Gasteiger partial charge in [0.1, 0.15) is 11.8 Å². The van der Waals surface area contributed by atoms with Crippen LogP contribution in [0.5, 0.6) is 0 Å². The number of hydrogen-bond acceptors (Lipinski definition) is 4. The molecule has 2 aromatic carbocycles. The van der Waals surface area contributed by atoms with E-state index in [2.05, 4.69) is 5.32 Å². The molecule has 0 bridgehead atoms. The quantitative estimate of drug-likeness (QED) is 0.675. The Labute approximate surface area is 133 Å². The van der Waals surface area contributed by atoms with Crippen molar-refractivity contribution >= 4 is 28.4 Å². The van der Waals surface area contributed by atoms with Crippen LogP contribution >= 0.6 is 0 Å². The van der Waals surface area contributed by atoms with Gasteiger partial charge in [-0.2, -0.15) is 0 Å². The van der Waals surface area contributed by atoms with Crippen LogP contribution in [0, 0.1) is 0 Å². The Kier molecular flexibility index (Phi) is 4.37. The number of benzene rings is 2. The average Bonchev–Trinajstić information content (AvgIpc) is 2.92. The molecule has 1 aliphatic heterocycles. The molecule has 5 heteroatoms. The van der Waals surface area contributed by atoms with Gasteiger partial charge in [-0.05, 0) is 16.3 Å². The van der Waals surface area contributed by atoms with Crippen LogP contribution in [-0.2, 0) is 25.5 Å². The molecule has 1 fully saturated rings. The molecule has 0 saturated carbocycles. The molecule has 1 saturated heterocycles. The van der Waals surface area contributed by atoms with Crippen molar-refractivity contribution in [3.8, 4) is 0 Å². The number of Topliss-reactive ketones (excluding diaryl/α,β-unsaturated/α-hetero) is 1. The normalized spacial score (nSPS) is 17.0. The zero-order valence-electron chi connectivity index (χ0n) is 12.6. The van der Waals surface area contributed by atoms with Crippen LogP contribution in [0.2, 0.25) is 0 Å². The Hall–Kier alpha value is -2.69. The molecule has 118 valence electrons. The Morgan fingerprint density at radius 2 is 1.91 bits per heavy atom. The molecule has 3 rings (SSSR count). The number of esters is 1. The zero-order valence-corrected chi connectivity index (χ0v) is 12.6. The number of ketones is 1. The standard InChI is InChI=1S/C18H17NO4/c20-15(11-17(21)19-16-7-8-23-18(16)22)10-12-5-6-13-3-1-2-4-14(13)9-12/h1-6,9,16H,7-8,10-11H2,(H,19,21)/t16-/m0/s1. The predicted octanol–water partition coefficient (Wildman–Crippen LogP) is 1.77. The van der Waals surface area contributed by atoms with Crippen LogP contribution in [0.15, 0.2) is 42.5 Å². The number of nitrogens with one attached hydrogen (secondary N) is 1. The average molecular weight is 311 g/mol. The van der Waals surface area contributed by atoms with Crippen LogP contribution in [0.25, 0.3) is 10.8 Å². The number of hydrogen-bond donors (Lipinski definition) is 1. The van der Waals surface area contributed by atoms with Gasteiger partial charge in [0.25, 0.3) is 0 Å². The van der Waals surface area contributed by atoms with E-state index in [0.29, 0.717) is 13.0 Å². The molecule has 0 aromatic heterocycles. The van der Waals surface area contributed by atoms with Gasteiger partial charge >= 0.3 is 5.97 Å². The van der Waals surface area contributed by atoms with Crippen LogP contribution in [0.3, 0.4) is 0 Å². The first kappa shape index (κ1) is 15.2. The second-order valence-electron chi connectivity index (χ2n) is 5.65. The van der Waals surface area contributed by atoms with Crippen LogP contribution in [0.4, 0.5) is 0 Å². The number of carbonyl (C=O) groups is 3. The smallest absolute Gasteiger partial charge is 0.328 e. The first-order chi connectivity index (χ1) is 11.1. The summed E-state index contributed by atoms with van der Waals surface area (Å²) in [5, 5.41) is 4.72. The van der Waals surface area contributed by atoms with E-state index in [4.69, 9.17) is 4.74 Å². The van der Waals surface area contributed by atoms with Gasteiger partial charge in [0, 0.05) is 12.8 Å². The van der Waals surface area contributed by atoms with Crippen LogP contribution in [0.1, 0.15) is 18.4 Å². The fraction of sp³-hybridized carbons (Fsp3) is 0.278. The third kappa shape index (κ3) is 3.74. The minimum atomic E-state index is -0.615. The summed E-state index contributed by atoms with van der Waals surface area (Å²) in [7, 11) is 0. The summed E-state index contributed by atoms with van der Waals surface area (Å²) in [4.78, 5) is 35.1. The molecule has 0 unspecified atom stereocenters. The van der Waals surface area contributed by atoms with Crippen molar-refractivity contribution in [2.45, 2.75) is 25.3 Å². The van der Waals surface area contributed by atoms with Gasteiger partial charge in [-0.1, -0.05) is 42.5 Å². The molecule has 5 nitrogen and oxygen atoms in total. The number of carbonyl (C=O) groups excluding carboxylic acids is 3. The number of cyclic esters (lactones) is 1. The molecule has 23 heavy (non-hydrogen) atoms. The molecule has 0 radical (unpaired) electrons. The van der Waals surface area contributed by atoms with Crippen LogP contribution < -0.4 is 5.32 Å². The fourth-order valence-corrected chi connectivity index (χ4v) is 2.69. The third-order valence-electron chi connectivity index (χ3n) is 3.84. The first-order valence-corrected chi connectivity index (χ1v) is 7.57. The first-order valence-electron chi connectivity index (χ1n) is 7.57. The molecule has 1 atom stereocenters. The van der Waals surface area contributed by atoms with Gasteiger partial charge < -0.3 is 10.1 Å². The number of amides is 1. The highest BCUT2D eigenvalue weighted by atomic mass is 16.5. The summed E-state index contributed by atoms with van der Waals surface area (Å²) in [5.74, 6) is -1.04. The second-order valence-corrected chi connectivity index (χ2v) is 5.65. The monoisotopic (exact) mass is 311 g/mol. The van der Waals surface area contributed by atoms with Crippen molar-refractivity contribution in [2.24, 2.45) is 0 Å². The summed E-state index contributed by atoms with van der Waals surface area (Å²) < 4.78 is 4.77. The van der Waals surface area contributed by atoms with E-state index in [1.807, 2.05) is 42.5 Å². The summed E-state index contributed by atoms with van der Waals surface area (Å²) >= 11 is 0. The van der Waals surface area contributed by atoms with Gasteiger partial charge in [-0.3, -0.25) is 9.59 Å². The van der Waals surface area contributed by atoms with Crippen molar-refractivity contribution in [3.05, 3.63) is 48.0 Å². The van der Waals surface area contributed by atoms with Gasteiger partial charge in [0.05, 0.1) is 13.0 Å². The molecule has 1 amide bonds. The molecule has 1 aliphatic rings. The van der Waals surface area contributed by atoms with Gasteiger partial charge in [0.15, 0.2) is 0 Å². The fourth-order valence-electron chi connectivity index (χ4n) is 2.69. The van der Waals surface area contributed by atoms with E-state index < -0.39 is 17.9 Å². The SMILES string of the molecule is O=C(CC(=O)N[C@H]1CCOC1=O)Cc1ccc2ccccc2c1. The minimum absolute atomic E-state index is 0.177. The van der Waals surface area contributed by atoms with Crippen LogP contribution in [-0.4, -0.2) is 30.3 Å². The minimum Gasteiger partial charge on any atom is -0.464 e. The Morgan fingerprint density at radius 3 is 2.65 bits per heavy atom. The molecule has 2 aromatic rings. The van der Waals surface area contributed by atoms with E-state index in [1.165, 1.54) is 0 Å². The molecular weight excluding hydrogens is 294 g/mol. The summed E-state index contributed by atoms with van der Waals surface area (Å²) in [6.07, 6.45) is 0.438. The van der Waals surface area contributed by atoms with Crippen molar-refractivity contribution in [3.63, 3.8) is 0 Å². The maximum Gasteiger partial charge on any atom is 0.328 e. The topological polar surface area (TPSA) is 72.5 Å². The molecule has 0 spiro atoms. The maximum atomic E-state index is 12.0. The Morgan fingerprint density at radius 1 is 1.13 bits per heavy atom. The largest absolute Gasteiger partial charge is 0.464 e. The molecule has 0 aliphatic carbocycles. The van der Waals surface area contributed by atoms with Crippen molar-refractivity contribution in [2.75, 3.05) is 6.61 Å². The van der Waals surface area contributed by atoms with Crippen molar-refractivity contribution < 1.29 is 19.1 Å².